The normalized spacial score (nSPS) is 19.7. The fourth-order valence-electron chi connectivity index (χ4n) is 7.15. The number of aromatic amines is 1. The first-order valence-electron chi connectivity index (χ1n) is 14.7. The van der Waals surface area contributed by atoms with E-state index in [1.807, 2.05) is 24.3 Å². The van der Waals surface area contributed by atoms with Crippen LogP contribution in [-0.2, 0) is 12.0 Å². The largest absolute Gasteiger partial charge is 0.508 e. The molecule has 0 radical (unpaired) electrons. The van der Waals surface area contributed by atoms with E-state index < -0.39 is 0 Å². The zero-order valence-electron chi connectivity index (χ0n) is 23.8. The highest BCUT2D eigenvalue weighted by Crippen LogP contribution is 2.40. The number of phenols is 1. The summed E-state index contributed by atoms with van der Waals surface area (Å²) in [5.41, 5.74) is 6.03. The third-order valence-corrected chi connectivity index (χ3v) is 9.16. The first-order chi connectivity index (χ1) is 20.4. The molecule has 5 aromatic rings. The lowest BCUT2D eigenvalue weighted by Gasteiger charge is -2.41. The van der Waals surface area contributed by atoms with Crippen LogP contribution in [0.2, 0.25) is 0 Å². The van der Waals surface area contributed by atoms with Crippen molar-refractivity contribution >= 4 is 27.4 Å². The molecule has 7 rings (SSSR count). The van der Waals surface area contributed by atoms with Crippen molar-refractivity contribution in [3.63, 3.8) is 0 Å². The molecule has 42 heavy (non-hydrogen) atoms. The Balaban J connectivity index is 1.23. The van der Waals surface area contributed by atoms with Crippen molar-refractivity contribution < 1.29 is 9.50 Å². The highest BCUT2D eigenvalue weighted by molar-refractivity contribution is 5.96. The number of nitrogens with one attached hydrogen (secondary N) is 1. The number of nitrogens with zero attached hydrogens (tertiary/aromatic N) is 4. The second-order valence-corrected chi connectivity index (χ2v) is 12.0. The summed E-state index contributed by atoms with van der Waals surface area (Å²) in [6.07, 6.45) is 7.52. The Hall–Kier alpha value is -4.54. The van der Waals surface area contributed by atoms with Gasteiger partial charge in [0.05, 0.1) is 17.6 Å². The lowest BCUT2D eigenvalue weighted by Crippen LogP contribution is -2.44. The summed E-state index contributed by atoms with van der Waals surface area (Å²) in [6.45, 7) is 6.48. The molecule has 4 heterocycles. The van der Waals surface area contributed by atoms with Gasteiger partial charge in [0.15, 0.2) is 0 Å². The van der Waals surface area contributed by atoms with Crippen LogP contribution in [0.5, 0.6) is 5.75 Å². The summed E-state index contributed by atoms with van der Waals surface area (Å²) in [5, 5.41) is 24.6. The van der Waals surface area contributed by atoms with Gasteiger partial charge in [-0.2, -0.15) is 5.26 Å². The molecule has 0 unspecified atom stereocenters. The lowest BCUT2D eigenvalue weighted by molar-refractivity contribution is 0.149. The molecule has 3 aromatic carbocycles. The fourth-order valence-corrected chi connectivity index (χ4v) is 7.15. The molecule has 0 bridgehead atoms. The van der Waals surface area contributed by atoms with Crippen molar-refractivity contribution in [1.29, 1.82) is 5.26 Å². The van der Waals surface area contributed by atoms with Gasteiger partial charge in [0.1, 0.15) is 23.3 Å². The zero-order chi connectivity index (χ0) is 28.8. The van der Waals surface area contributed by atoms with Crippen molar-refractivity contribution in [2.24, 2.45) is 0 Å². The average molecular weight is 560 g/mol. The first-order valence-corrected chi connectivity index (χ1v) is 14.7. The molecule has 2 aliphatic heterocycles. The Morgan fingerprint density at radius 1 is 1.02 bits per heavy atom. The Kier molecular flexibility index (Phi) is 6.52. The smallest absolute Gasteiger partial charge is 0.147 e. The molecule has 2 N–H and O–H groups in total. The van der Waals surface area contributed by atoms with Crippen LogP contribution in [0.15, 0.2) is 79.0 Å². The summed E-state index contributed by atoms with van der Waals surface area (Å²) in [4.78, 5) is 5.48. The van der Waals surface area contributed by atoms with Gasteiger partial charge < -0.3 is 15.1 Å². The number of phenolic OH excluding ortho intramolecular Hbond substituents is 1. The number of H-pyrrole nitrogens is 1. The maximum absolute atomic E-state index is 14.6. The second kappa shape index (κ2) is 10.4. The number of hydrogen-bond donors (Lipinski definition) is 2. The van der Waals surface area contributed by atoms with E-state index in [-0.39, 0.29) is 11.2 Å². The van der Waals surface area contributed by atoms with Gasteiger partial charge >= 0.3 is 0 Å². The van der Waals surface area contributed by atoms with Crippen LogP contribution in [0.3, 0.4) is 0 Å². The monoisotopic (exact) mass is 559 g/mol. The molecule has 1 fully saturated rings. The van der Waals surface area contributed by atoms with Crippen molar-refractivity contribution in [2.75, 3.05) is 31.2 Å². The standard InChI is InChI=1S/C35H34FN5O/c1-35(16-8-17-39(23-35)20-24-9-2-5-15-32(24)42)28-22-41(31-14-4-3-11-26(28)31)40-18-7-10-25(21-40)33-27-12-6-13-29(36)34(27)38-30(33)19-37/h2-6,9-15,22,38,42H,7-8,16-18,20-21,23H2,1H3/t35-/m1/s1. The van der Waals surface area contributed by atoms with E-state index in [9.17, 15) is 14.8 Å². The van der Waals surface area contributed by atoms with E-state index >= 15 is 0 Å². The van der Waals surface area contributed by atoms with E-state index in [4.69, 9.17) is 0 Å². The van der Waals surface area contributed by atoms with E-state index in [1.165, 1.54) is 22.5 Å². The van der Waals surface area contributed by atoms with Crippen LogP contribution in [0.4, 0.5) is 4.39 Å². The lowest BCUT2D eigenvalue weighted by atomic mass is 9.75. The number of fused-ring (bicyclic) bond motifs is 2. The van der Waals surface area contributed by atoms with Crippen molar-refractivity contribution in [3.8, 4) is 11.8 Å². The van der Waals surface area contributed by atoms with Gasteiger partial charge in [-0.15, -0.1) is 0 Å². The maximum Gasteiger partial charge on any atom is 0.147 e. The molecule has 0 amide bonds. The average Bonchev–Trinajstić information content (AvgIpc) is 3.59. The van der Waals surface area contributed by atoms with Crippen LogP contribution in [0, 0.1) is 17.1 Å². The van der Waals surface area contributed by atoms with Gasteiger partial charge in [-0.25, -0.2) is 4.39 Å². The number of nitriles is 1. The van der Waals surface area contributed by atoms with E-state index in [0.717, 1.165) is 67.5 Å². The van der Waals surface area contributed by atoms with Gasteiger partial charge in [0.25, 0.3) is 0 Å². The van der Waals surface area contributed by atoms with Gasteiger partial charge in [-0.3, -0.25) is 9.58 Å². The highest BCUT2D eigenvalue weighted by atomic mass is 19.1. The molecular weight excluding hydrogens is 525 g/mol. The molecule has 0 saturated carbocycles. The van der Waals surface area contributed by atoms with Crippen LogP contribution >= 0.6 is 0 Å². The number of benzene rings is 3. The van der Waals surface area contributed by atoms with Crippen molar-refractivity contribution in [2.45, 2.75) is 38.1 Å². The zero-order valence-corrected chi connectivity index (χ0v) is 23.8. The van der Waals surface area contributed by atoms with Gasteiger partial charge in [0.2, 0.25) is 0 Å². The topological polar surface area (TPSA) is 71.2 Å². The molecule has 1 atom stereocenters. The van der Waals surface area contributed by atoms with Gasteiger partial charge in [0, 0.05) is 53.1 Å². The Morgan fingerprint density at radius 3 is 2.69 bits per heavy atom. The van der Waals surface area contributed by atoms with Crippen LogP contribution in [0.1, 0.15) is 48.6 Å². The molecular formula is C35H34FN5O. The minimum Gasteiger partial charge on any atom is -0.508 e. The van der Waals surface area contributed by atoms with E-state index in [2.05, 4.69) is 69.1 Å². The number of aromatic nitrogens is 2. The van der Waals surface area contributed by atoms with Crippen molar-refractivity contribution in [3.05, 3.63) is 107 Å². The summed E-state index contributed by atoms with van der Waals surface area (Å²) in [5.74, 6) is 0.00892. The Bertz CT molecular complexity index is 1880. The third-order valence-electron chi connectivity index (χ3n) is 9.16. The number of rotatable bonds is 5. The van der Waals surface area contributed by atoms with Gasteiger partial charge in [-0.05, 0) is 55.1 Å². The number of piperidine rings is 1. The predicted octanol–water partition coefficient (Wildman–Crippen LogP) is 6.82. The van der Waals surface area contributed by atoms with E-state index in [0.29, 0.717) is 23.5 Å². The number of hydrogen-bond acceptors (Lipinski definition) is 4. The molecule has 0 aliphatic carbocycles. The van der Waals surface area contributed by atoms with Crippen LogP contribution in [0.25, 0.3) is 27.4 Å². The second-order valence-electron chi connectivity index (χ2n) is 12.0. The number of aromatic hydroxyl groups is 1. The molecule has 2 aromatic heterocycles. The minimum absolute atomic E-state index is 0.0513. The highest BCUT2D eigenvalue weighted by Gasteiger charge is 2.36. The summed E-state index contributed by atoms with van der Waals surface area (Å²) >= 11 is 0. The molecule has 7 heteroatoms. The maximum atomic E-state index is 14.6. The summed E-state index contributed by atoms with van der Waals surface area (Å²) < 4.78 is 16.9. The minimum atomic E-state index is -0.346. The number of para-hydroxylation sites is 3. The SMILES string of the molecule is C[C@@]1(c2cn(N3CCC=C(c4c(C#N)[nH]c5c(F)cccc45)C3)c3ccccc23)CCCN(Cc2ccccc2O)C1. The van der Waals surface area contributed by atoms with Gasteiger partial charge in [-0.1, -0.05) is 61.5 Å². The molecule has 1 saturated heterocycles. The first kappa shape index (κ1) is 26.4. The molecule has 212 valence electrons. The van der Waals surface area contributed by atoms with Crippen molar-refractivity contribution in [1.82, 2.24) is 14.6 Å². The summed E-state index contributed by atoms with van der Waals surface area (Å²) in [7, 11) is 0. The molecule has 0 spiro atoms. The quantitative estimate of drug-likeness (QED) is 0.248. The molecule has 2 aliphatic rings. The Morgan fingerprint density at radius 2 is 1.83 bits per heavy atom. The predicted molar refractivity (Wildman–Crippen MR) is 165 cm³/mol. The number of likely N-dealkylation sites (tertiary alicyclic amines) is 1. The third kappa shape index (κ3) is 4.43. The van der Waals surface area contributed by atoms with Crippen LogP contribution < -0.4 is 5.01 Å². The fraction of sp³-hybridized carbons (Fsp3) is 0.286. The number of halogens is 1. The summed E-state index contributed by atoms with van der Waals surface area (Å²) in [6, 6.07) is 23.5. The van der Waals surface area contributed by atoms with Crippen LogP contribution in [-0.4, -0.2) is 45.8 Å². The molecule has 6 nitrogen and oxygen atoms in total. The van der Waals surface area contributed by atoms with E-state index in [1.54, 1.807) is 12.1 Å². The Labute approximate surface area is 244 Å².